The topological polar surface area (TPSA) is 129 Å². The number of anilines is 2. The van der Waals surface area contributed by atoms with Crippen molar-refractivity contribution in [3.63, 3.8) is 0 Å². The lowest BCUT2D eigenvalue weighted by molar-refractivity contribution is -0.115. The molecule has 0 aromatic carbocycles. The van der Waals surface area contributed by atoms with Gasteiger partial charge in [-0.25, -0.2) is 4.79 Å². The van der Waals surface area contributed by atoms with Crippen molar-refractivity contribution in [3.8, 4) is 0 Å². The Bertz CT molecular complexity index is 1020. The van der Waals surface area contributed by atoms with E-state index in [-0.39, 0.29) is 5.70 Å². The Morgan fingerprint density at radius 2 is 1.90 bits per heavy atom. The fourth-order valence-electron chi connectivity index (χ4n) is 3.76. The van der Waals surface area contributed by atoms with Crippen LogP contribution in [0.25, 0.3) is 11.7 Å². The van der Waals surface area contributed by atoms with Crippen LogP contribution in [0.4, 0.5) is 16.7 Å². The minimum atomic E-state index is -0.534. The lowest BCUT2D eigenvalue weighted by Crippen LogP contribution is -2.54. The zero-order chi connectivity index (χ0) is 20.1. The van der Waals surface area contributed by atoms with Gasteiger partial charge in [0.15, 0.2) is 5.65 Å². The lowest BCUT2D eigenvalue weighted by atomic mass is 10.1. The van der Waals surface area contributed by atoms with E-state index >= 15 is 0 Å². The molecule has 2 saturated heterocycles. The summed E-state index contributed by atoms with van der Waals surface area (Å²) in [5, 5.41) is 16.0. The van der Waals surface area contributed by atoms with Crippen LogP contribution < -0.4 is 26.2 Å². The van der Waals surface area contributed by atoms with Crippen LogP contribution in [0.5, 0.6) is 0 Å². The summed E-state index contributed by atoms with van der Waals surface area (Å²) in [5.74, 6) is 0.793. The third-order valence-corrected chi connectivity index (χ3v) is 5.15. The molecule has 1 aliphatic carbocycles. The highest BCUT2D eigenvalue weighted by Crippen LogP contribution is 2.27. The van der Waals surface area contributed by atoms with Gasteiger partial charge in [0.2, 0.25) is 11.9 Å². The van der Waals surface area contributed by atoms with E-state index in [1.54, 1.807) is 16.8 Å². The molecule has 0 unspecified atom stereocenters. The van der Waals surface area contributed by atoms with E-state index in [0.717, 1.165) is 25.9 Å². The normalized spacial score (nSPS) is 26.1. The number of piperazine rings is 1. The van der Waals surface area contributed by atoms with Crippen molar-refractivity contribution in [2.24, 2.45) is 0 Å². The molecule has 2 aromatic rings. The molecule has 11 nitrogen and oxygen atoms in total. The number of hydrogen-bond donors (Lipinski definition) is 4. The summed E-state index contributed by atoms with van der Waals surface area (Å²) in [5.41, 5.74) is 1.39. The molecule has 2 aromatic heterocycles. The third kappa shape index (κ3) is 3.48. The van der Waals surface area contributed by atoms with Crippen LogP contribution in [0.3, 0.4) is 0 Å². The smallest absolute Gasteiger partial charge is 0.326 e. The highest BCUT2D eigenvalue weighted by Gasteiger charge is 2.28. The van der Waals surface area contributed by atoms with Crippen molar-refractivity contribution in [3.05, 3.63) is 17.5 Å². The first-order valence-electron chi connectivity index (χ1n) is 9.83. The summed E-state index contributed by atoms with van der Waals surface area (Å²) in [6.07, 6.45) is 5.42. The second-order valence-electron chi connectivity index (χ2n) is 7.94. The van der Waals surface area contributed by atoms with E-state index in [1.807, 2.05) is 0 Å². The van der Waals surface area contributed by atoms with Gasteiger partial charge in [-0.2, -0.15) is 19.6 Å². The van der Waals surface area contributed by atoms with Crippen LogP contribution in [0.2, 0.25) is 0 Å². The average Bonchev–Trinajstić information content (AvgIpc) is 3.29. The van der Waals surface area contributed by atoms with Crippen molar-refractivity contribution < 1.29 is 9.59 Å². The Hall–Kier alpha value is -3.21. The number of nitrogens with zero attached hydrogens (tertiary/aromatic N) is 5. The van der Waals surface area contributed by atoms with Gasteiger partial charge in [-0.3, -0.25) is 10.1 Å². The molecule has 3 aliphatic rings. The number of rotatable bonds is 4. The number of imide groups is 1. The Morgan fingerprint density at radius 1 is 1.14 bits per heavy atom. The van der Waals surface area contributed by atoms with Crippen molar-refractivity contribution >= 4 is 35.6 Å². The minimum Gasteiger partial charge on any atom is -0.351 e. The van der Waals surface area contributed by atoms with Crippen molar-refractivity contribution in [2.45, 2.75) is 44.8 Å². The van der Waals surface area contributed by atoms with Crippen LogP contribution >= 0.6 is 0 Å². The fourth-order valence-corrected chi connectivity index (χ4v) is 3.76. The summed E-state index contributed by atoms with van der Waals surface area (Å²) in [6.45, 7) is 5.88. The van der Waals surface area contributed by atoms with Gasteiger partial charge < -0.3 is 20.9 Å². The number of nitrogens with one attached hydrogen (secondary N) is 4. The number of carbonyl (C=O) groups is 2. The molecule has 4 N–H and O–H groups in total. The summed E-state index contributed by atoms with van der Waals surface area (Å²) in [7, 11) is 0. The molecule has 11 heteroatoms. The molecule has 2 aliphatic heterocycles. The highest BCUT2D eigenvalue weighted by molar-refractivity contribution is 6.14. The largest absolute Gasteiger partial charge is 0.351 e. The number of urea groups is 1. The first kappa shape index (κ1) is 17.9. The maximum Gasteiger partial charge on any atom is 0.326 e. The van der Waals surface area contributed by atoms with Crippen LogP contribution in [0, 0.1) is 0 Å². The van der Waals surface area contributed by atoms with E-state index < -0.39 is 11.9 Å². The zero-order valence-corrected chi connectivity index (χ0v) is 16.3. The second kappa shape index (κ2) is 6.69. The summed E-state index contributed by atoms with van der Waals surface area (Å²) < 4.78 is 1.65. The number of aromatic nitrogens is 4. The van der Waals surface area contributed by atoms with E-state index in [4.69, 9.17) is 9.97 Å². The number of fused-ring (bicyclic) bond motifs is 1. The molecule has 3 fully saturated rings. The van der Waals surface area contributed by atoms with E-state index in [9.17, 15) is 9.59 Å². The third-order valence-electron chi connectivity index (χ3n) is 5.15. The van der Waals surface area contributed by atoms with Gasteiger partial charge in [0.25, 0.3) is 5.91 Å². The highest BCUT2D eigenvalue weighted by atomic mass is 16.2. The molecule has 152 valence electrons. The van der Waals surface area contributed by atoms with Gasteiger partial charge in [0, 0.05) is 36.8 Å². The van der Waals surface area contributed by atoms with Crippen LogP contribution in [-0.4, -0.2) is 62.7 Å². The Morgan fingerprint density at radius 3 is 2.55 bits per heavy atom. The monoisotopic (exact) mass is 397 g/mol. The zero-order valence-electron chi connectivity index (χ0n) is 16.3. The van der Waals surface area contributed by atoms with Gasteiger partial charge >= 0.3 is 6.03 Å². The van der Waals surface area contributed by atoms with Crippen LogP contribution in [0.1, 0.15) is 32.3 Å². The number of hydrogen-bond acceptors (Lipinski definition) is 8. The summed E-state index contributed by atoms with van der Waals surface area (Å²) >= 11 is 0. The first-order valence-corrected chi connectivity index (χ1v) is 9.83. The van der Waals surface area contributed by atoms with Gasteiger partial charge in [0.1, 0.15) is 5.70 Å². The van der Waals surface area contributed by atoms with Gasteiger partial charge in [-0.15, -0.1) is 0 Å². The Balaban J connectivity index is 1.58. The minimum absolute atomic E-state index is 0.172. The molecule has 0 radical (unpaired) electrons. The van der Waals surface area contributed by atoms with E-state index in [0.29, 0.717) is 41.2 Å². The SMILES string of the molecule is C[C@@H]1CN(c2nc(NC3CC3)n3ncc(/C=C4\NC(=O)NC4=O)c3n2)C[C@H](C)N1. The Labute approximate surface area is 166 Å². The van der Waals surface area contributed by atoms with Gasteiger partial charge in [-0.1, -0.05) is 0 Å². The molecule has 29 heavy (non-hydrogen) atoms. The van der Waals surface area contributed by atoms with E-state index in [1.165, 1.54) is 0 Å². The maximum atomic E-state index is 11.9. The number of amides is 3. The van der Waals surface area contributed by atoms with Gasteiger partial charge in [-0.05, 0) is 32.8 Å². The molecule has 3 amide bonds. The van der Waals surface area contributed by atoms with Crippen molar-refractivity contribution in [1.29, 1.82) is 0 Å². The molecule has 5 rings (SSSR count). The van der Waals surface area contributed by atoms with Crippen molar-refractivity contribution in [2.75, 3.05) is 23.3 Å². The quantitative estimate of drug-likeness (QED) is 0.421. The Kier molecular flexibility index (Phi) is 4.12. The standard InChI is InChI=1S/C18H23N9O2/c1-9-7-26(8-10(2)20-9)16-23-14-11(5-13-15(28)24-18(29)22-13)6-19-27(14)17(25-16)21-12-3-4-12/h5-6,9-10,12,20H,3-4,7-8H2,1-2H3,(H,21,23,25)(H2,22,24,28,29)/b13-5-/t9-,10+. The lowest BCUT2D eigenvalue weighted by Gasteiger charge is -2.36. The summed E-state index contributed by atoms with van der Waals surface area (Å²) in [4.78, 5) is 35.0. The first-order chi connectivity index (χ1) is 14.0. The van der Waals surface area contributed by atoms with Gasteiger partial charge in [0.05, 0.1) is 6.20 Å². The molecule has 1 saturated carbocycles. The van der Waals surface area contributed by atoms with Crippen molar-refractivity contribution in [1.82, 2.24) is 35.5 Å². The number of carbonyl (C=O) groups excluding carboxylic acids is 2. The second-order valence-corrected chi connectivity index (χ2v) is 7.94. The predicted molar refractivity (Wildman–Crippen MR) is 106 cm³/mol. The van der Waals surface area contributed by atoms with Crippen LogP contribution in [0.15, 0.2) is 11.9 Å². The summed E-state index contributed by atoms with van der Waals surface area (Å²) in [6, 6.07) is 0.505. The molecule has 4 heterocycles. The predicted octanol–water partition coefficient (Wildman–Crippen LogP) is 0.0655. The van der Waals surface area contributed by atoms with E-state index in [2.05, 4.69) is 45.1 Å². The average molecular weight is 397 g/mol. The maximum absolute atomic E-state index is 11.9. The molecule has 0 spiro atoms. The molecule has 2 atom stereocenters. The molecule has 0 bridgehead atoms. The fraction of sp³-hybridized carbons (Fsp3) is 0.500. The van der Waals surface area contributed by atoms with Crippen LogP contribution in [-0.2, 0) is 4.79 Å². The molecular formula is C18H23N9O2. The molecular weight excluding hydrogens is 374 g/mol.